The van der Waals surface area contributed by atoms with Gasteiger partial charge in [-0.05, 0) is 44.7 Å². The summed E-state index contributed by atoms with van der Waals surface area (Å²) in [5.41, 5.74) is 0. The van der Waals surface area contributed by atoms with Crippen molar-refractivity contribution in [2.45, 2.75) is 63.8 Å². The van der Waals surface area contributed by atoms with E-state index in [1.807, 2.05) is 0 Å². The van der Waals surface area contributed by atoms with Crippen molar-refractivity contribution in [2.24, 2.45) is 5.92 Å². The second kappa shape index (κ2) is 6.25. The Morgan fingerprint density at radius 3 is 2.00 bits per heavy atom. The fourth-order valence-corrected chi connectivity index (χ4v) is 3.31. The van der Waals surface area contributed by atoms with Crippen LogP contribution in [0.25, 0.3) is 0 Å². The summed E-state index contributed by atoms with van der Waals surface area (Å²) in [5.74, 6) is 0.664. The van der Waals surface area contributed by atoms with E-state index in [9.17, 15) is 5.26 Å². The van der Waals surface area contributed by atoms with Crippen LogP contribution in [0.2, 0.25) is 0 Å². The van der Waals surface area contributed by atoms with Crippen LogP contribution < -0.4 is 0 Å². The smallest absolute Gasteiger partial charge is 0.101 e. The summed E-state index contributed by atoms with van der Waals surface area (Å²) in [7, 11) is 0. The van der Waals surface area contributed by atoms with E-state index in [4.69, 9.17) is 0 Å². The first kappa shape index (κ1) is 11.9. The first-order chi connectivity index (χ1) is 7.92. The van der Waals surface area contributed by atoms with Gasteiger partial charge < -0.3 is 0 Å². The molecule has 2 nitrogen and oxygen atoms in total. The minimum absolute atomic E-state index is 0.221. The third-order valence-corrected chi connectivity index (χ3v) is 4.26. The van der Waals surface area contributed by atoms with Gasteiger partial charge in [-0.1, -0.05) is 32.1 Å². The molecular weight excluding hydrogens is 196 g/mol. The van der Waals surface area contributed by atoms with Crippen molar-refractivity contribution >= 4 is 0 Å². The minimum Gasteiger partial charge on any atom is -0.288 e. The second-order valence-electron chi connectivity index (χ2n) is 5.42. The third kappa shape index (κ3) is 2.98. The van der Waals surface area contributed by atoms with Crippen molar-refractivity contribution in [3.63, 3.8) is 0 Å². The van der Waals surface area contributed by atoms with Gasteiger partial charge in [0.2, 0.25) is 0 Å². The normalized spacial score (nSPS) is 26.9. The largest absolute Gasteiger partial charge is 0.288 e. The number of rotatable bonds is 2. The molecule has 2 fully saturated rings. The first-order valence-electron chi connectivity index (χ1n) is 7.05. The molecule has 0 radical (unpaired) electrons. The van der Waals surface area contributed by atoms with Gasteiger partial charge in [-0.25, -0.2) is 0 Å². The molecule has 1 saturated heterocycles. The SMILES string of the molecule is N#CC(C1CCCCC1)N1CCCCCC1. The van der Waals surface area contributed by atoms with Crippen LogP contribution in [0.1, 0.15) is 57.8 Å². The quantitative estimate of drug-likeness (QED) is 0.713. The van der Waals surface area contributed by atoms with Gasteiger partial charge in [-0.15, -0.1) is 0 Å². The van der Waals surface area contributed by atoms with Crippen molar-refractivity contribution < 1.29 is 0 Å². The topological polar surface area (TPSA) is 27.0 Å². The third-order valence-electron chi connectivity index (χ3n) is 4.26. The number of nitrogens with zero attached hydrogens (tertiary/aromatic N) is 2. The van der Waals surface area contributed by atoms with Gasteiger partial charge in [-0.2, -0.15) is 5.26 Å². The lowest BCUT2D eigenvalue weighted by Gasteiger charge is -2.33. The Morgan fingerprint density at radius 2 is 1.44 bits per heavy atom. The maximum atomic E-state index is 9.43. The first-order valence-corrected chi connectivity index (χ1v) is 7.05. The lowest BCUT2D eigenvalue weighted by atomic mass is 9.83. The lowest BCUT2D eigenvalue weighted by molar-refractivity contribution is 0.159. The number of hydrogen-bond acceptors (Lipinski definition) is 2. The molecule has 16 heavy (non-hydrogen) atoms. The van der Waals surface area contributed by atoms with Crippen molar-refractivity contribution in [1.29, 1.82) is 5.26 Å². The summed E-state index contributed by atoms with van der Waals surface area (Å²) >= 11 is 0. The molecule has 0 aromatic carbocycles. The van der Waals surface area contributed by atoms with Crippen LogP contribution >= 0.6 is 0 Å². The fraction of sp³-hybridized carbons (Fsp3) is 0.929. The number of likely N-dealkylation sites (tertiary alicyclic amines) is 1. The molecule has 90 valence electrons. The van der Waals surface area contributed by atoms with Gasteiger partial charge in [0.25, 0.3) is 0 Å². The molecule has 1 unspecified atom stereocenters. The zero-order chi connectivity index (χ0) is 11.2. The number of nitriles is 1. The van der Waals surface area contributed by atoms with Crippen LogP contribution in [0, 0.1) is 17.2 Å². The molecule has 0 aromatic heterocycles. The van der Waals surface area contributed by atoms with E-state index in [0.717, 1.165) is 13.1 Å². The average Bonchev–Trinajstić information content (AvgIpc) is 2.61. The highest BCUT2D eigenvalue weighted by Gasteiger charge is 2.28. The average molecular weight is 220 g/mol. The Morgan fingerprint density at radius 1 is 0.875 bits per heavy atom. The molecule has 1 atom stereocenters. The molecule has 0 aromatic rings. The Labute approximate surface area is 99.6 Å². The summed E-state index contributed by atoms with van der Waals surface area (Å²) in [6.45, 7) is 2.32. The van der Waals surface area contributed by atoms with Crippen LogP contribution in [-0.2, 0) is 0 Å². The Balaban J connectivity index is 1.94. The van der Waals surface area contributed by atoms with Crippen LogP contribution in [0.4, 0.5) is 0 Å². The zero-order valence-corrected chi connectivity index (χ0v) is 10.3. The predicted octanol–water partition coefficient (Wildman–Crippen LogP) is 3.33. The maximum Gasteiger partial charge on any atom is 0.101 e. The van der Waals surface area contributed by atoms with Crippen molar-refractivity contribution in [3.05, 3.63) is 0 Å². The molecule has 2 rings (SSSR count). The van der Waals surface area contributed by atoms with Gasteiger partial charge in [-0.3, -0.25) is 4.90 Å². The molecule has 1 saturated carbocycles. The molecule has 1 aliphatic heterocycles. The molecule has 2 heteroatoms. The van der Waals surface area contributed by atoms with Crippen molar-refractivity contribution in [2.75, 3.05) is 13.1 Å². The van der Waals surface area contributed by atoms with Crippen LogP contribution in [0.15, 0.2) is 0 Å². The van der Waals surface area contributed by atoms with Crippen molar-refractivity contribution in [3.8, 4) is 6.07 Å². The molecule has 1 aliphatic carbocycles. The van der Waals surface area contributed by atoms with Crippen LogP contribution in [0.5, 0.6) is 0 Å². The maximum absolute atomic E-state index is 9.43. The molecule has 0 N–H and O–H groups in total. The van der Waals surface area contributed by atoms with E-state index in [0.29, 0.717) is 5.92 Å². The molecule has 0 spiro atoms. The van der Waals surface area contributed by atoms with E-state index in [2.05, 4.69) is 11.0 Å². The number of hydrogen-bond donors (Lipinski definition) is 0. The summed E-state index contributed by atoms with van der Waals surface area (Å²) in [4.78, 5) is 2.48. The predicted molar refractivity (Wildman–Crippen MR) is 66.0 cm³/mol. The minimum atomic E-state index is 0.221. The van der Waals surface area contributed by atoms with Crippen molar-refractivity contribution in [1.82, 2.24) is 4.90 Å². The van der Waals surface area contributed by atoms with Gasteiger partial charge in [0, 0.05) is 0 Å². The highest BCUT2D eigenvalue weighted by molar-refractivity contribution is 4.97. The second-order valence-corrected chi connectivity index (χ2v) is 5.42. The highest BCUT2D eigenvalue weighted by atomic mass is 15.2. The lowest BCUT2D eigenvalue weighted by Crippen LogP contribution is -2.41. The summed E-state index contributed by atoms with van der Waals surface area (Å²) in [6, 6.07) is 2.82. The molecule has 0 bridgehead atoms. The summed E-state index contributed by atoms with van der Waals surface area (Å²) in [6.07, 6.45) is 12.0. The Bertz CT molecular complexity index is 230. The van der Waals surface area contributed by atoms with E-state index in [1.54, 1.807) is 0 Å². The molecular formula is C14H24N2. The molecule has 0 amide bonds. The van der Waals surface area contributed by atoms with E-state index < -0.39 is 0 Å². The molecule has 1 heterocycles. The van der Waals surface area contributed by atoms with E-state index in [-0.39, 0.29) is 6.04 Å². The summed E-state index contributed by atoms with van der Waals surface area (Å²) < 4.78 is 0. The fourth-order valence-electron chi connectivity index (χ4n) is 3.31. The van der Waals surface area contributed by atoms with E-state index >= 15 is 0 Å². The van der Waals surface area contributed by atoms with E-state index in [1.165, 1.54) is 57.8 Å². The Kier molecular flexibility index (Phi) is 4.66. The van der Waals surface area contributed by atoms with Gasteiger partial charge in [0.1, 0.15) is 6.04 Å². The van der Waals surface area contributed by atoms with Crippen LogP contribution in [-0.4, -0.2) is 24.0 Å². The zero-order valence-electron chi connectivity index (χ0n) is 10.3. The van der Waals surface area contributed by atoms with Gasteiger partial charge >= 0.3 is 0 Å². The Hall–Kier alpha value is -0.550. The highest BCUT2D eigenvalue weighted by Crippen LogP contribution is 2.29. The molecule has 2 aliphatic rings. The van der Waals surface area contributed by atoms with Crippen LogP contribution in [0.3, 0.4) is 0 Å². The monoisotopic (exact) mass is 220 g/mol. The van der Waals surface area contributed by atoms with Gasteiger partial charge in [0.15, 0.2) is 0 Å². The standard InChI is InChI=1S/C14H24N2/c15-12-14(13-8-4-3-5-9-13)16-10-6-1-2-7-11-16/h13-14H,1-11H2. The van der Waals surface area contributed by atoms with Gasteiger partial charge in [0.05, 0.1) is 6.07 Å². The summed E-state index contributed by atoms with van der Waals surface area (Å²) in [5, 5.41) is 9.43.